The SMILES string of the molecule is Cc1c(C(C)NCCCO)cnn1-c1ccc(Cl)cc1Cl. The largest absolute Gasteiger partial charge is 0.396 e. The van der Waals surface area contributed by atoms with Crippen LogP contribution in [0.2, 0.25) is 10.0 Å². The average Bonchev–Trinajstić information content (AvgIpc) is 2.81. The topological polar surface area (TPSA) is 50.1 Å². The Balaban J connectivity index is 2.24. The first-order chi connectivity index (χ1) is 10.0. The number of halogens is 2. The van der Waals surface area contributed by atoms with E-state index in [-0.39, 0.29) is 12.6 Å². The molecular weight excluding hydrogens is 309 g/mol. The van der Waals surface area contributed by atoms with Crippen LogP contribution in [-0.2, 0) is 0 Å². The zero-order chi connectivity index (χ0) is 15.4. The molecule has 1 atom stereocenters. The smallest absolute Gasteiger partial charge is 0.0836 e. The fourth-order valence-electron chi connectivity index (χ4n) is 2.25. The van der Waals surface area contributed by atoms with Gasteiger partial charge in [0, 0.05) is 28.9 Å². The van der Waals surface area contributed by atoms with Crippen molar-refractivity contribution >= 4 is 23.2 Å². The Morgan fingerprint density at radius 1 is 1.38 bits per heavy atom. The third-order valence-corrected chi connectivity index (χ3v) is 3.98. The number of nitrogens with zero attached hydrogens (tertiary/aromatic N) is 2. The second kappa shape index (κ2) is 7.27. The van der Waals surface area contributed by atoms with E-state index in [1.54, 1.807) is 12.1 Å². The van der Waals surface area contributed by atoms with Crippen LogP contribution in [0.3, 0.4) is 0 Å². The number of hydrogen-bond donors (Lipinski definition) is 2. The molecule has 2 rings (SSSR count). The highest BCUT2D eigenvalue weighted by Crippen LogP contribution is 2.27. The van der Waals surface area contributed by atoms with Gasteiger partial charge in [0.2, 0.25) is 0 Å². The van der Waals surface area contributed by atoms with Gasteiger partial charge in [0.05, 0.1) is 16.9 Å². The monoisotopic (exact) mass is 327 g/mol. The summed E-state index contributed by atoms with van der Waals surface area (Å²) >= 11 is 12.2. The molecule has 1 aromatic carbocycles. The molecule has 0 spiro atoms. The van der Waals surface area contributed by atoms with E-state index in [0.29, 0.717) is 10.0 Å². The number of nitrogens with one attached hydrogen (secondary N) is 1. The first kappa shape index (κ1) is 16.3. The van der Waals surface area contributed by atoms with E-state index in [9.17, 15) is 0 Å². The molecule has 6 heteroatoms. The van der Waals surface area contributed by atoms with Gasteiger partial charge < -0.3 is 10.4 Å². The van der Waals surface area contributed by atoms with Gasteiger partial charge in [0.15, 0.2) is 0 Å². The minimum Gasteiger partial charge on any atom is -0.396 e. The van der Waals surface area contributed by atoms with Gasteiger partial charge >= 0.3 is 0 Å². The molecule has 2 aromatic rings. The Morgan fingerprint density at radius 2 is 2.14 bits per heavy atom. The zero-order valence-electron chi connectivity index (χ0n) is 12.1. The standard InChI is InChI=1S/C15H19Cl2N3O/c1-10(18-6-3-7-21)13-9-19-20(11(13)2)15-5-4-12(16)8-14(15)17/h4-5,8-10,18,21H,3,6-7H2,1-2H3. The van der Waals surface area contributed by atoms with E-state index >= 15 is 0 Å². The van der Waals surface area contributed by atoms with Gasteiger partial charge in [-0.1, -0.05) is 23.2 Å². The molecule has 114 valence electrons. The molecule has 0 saturated carbocycles. The first-order valence-electron chi connectivity index (χ1n) is 6.88. The number of benzene rings is 1. The molecule has 0 saturated heterocycles. The second-order valence-electron chi connectivity index (χ2n) is 4.95. The van der Waals surface area contributed by atoms with Crippen molar-refractivity contribution in [1.29, 1.82) is 0 Å². The molecule has 21 heavy (non-hydrogen) atoms. The van der Waals surface area contributed by atoms with Crippen molar-refractivity contribution in [1.82, 2.24) is 15.1 Å². The lowest BCUT2D eigenvalue weighted by atomic mass is 10.1. The normalized spacial score (nSPS) is 12.6. The van der Waals surface area contributed by atoms with Crippen LogP contribution < -0.4 is 5.32 Å². The lowest BCUT2D eigenvalue weighted by molar-refractivity contribution is 0.284. The second-order valence-corrected chi connectivity index (χ2v) is 5.79. The van der Waals surface area contributed by atoms with Gasteiger partial charge in [0.25, 0.3) is 0 Å². The summed E-state index contributed by atoms with van der Waals surface area (Å²) < 4.78 is 1.82. The summed E-state index contributed by atoms with van der Waals surface area (Å²) in [6.45, 7) is 5.05. The molecule has 0 amide bonds. The third-order valence-electron chi connectivity index (χ3n) is 3.44. The molecule has 4 nitrogen and oxygen atoms in total. The van der Waals surface area contributed by atoms with E-state index in [1.165, 1.54) is 0 Å². The van der Waals surface area contributed by atoms with Gasteiger partial charge in [-0.25, -0.2) is 4.68 Å². The summed E-state index contributed by atoms with van der Waals surface area (Å²) in [7, 11) is 0. The minimum absolute atomic E-state index is 0.163. The van der Waals surface area contributed by atoms with Crippen LogP contribution in [0.15, 0.2) is 24.4 Å². The van der Waals surface area contributed by atoms with Gasteiger partial charge in [-0.3, -0.25) is 0 Å². The molecule has 1 unspecified atom stereocenters. The number of aliphatic hydroxyl groups is 1. The van der Waals surface area contributed by atoms with Crippen LogP contribution in [0.25, 0.3) is 5.69 Å². The van der Waals surface area contributed by atoms with E-state index in [0.717, 1.165) is 29.9 Å². The highest BCUT2D eigenvalue weighted by Gasteiger charge is 2.15. The van der Waals surface area contributed by atoms with E-state index in [1.807, 2.05) is 23.9 Å². The van der Waals surface area contributed by atoms with Crippen LogP contribution in [-0.4, -0.2) is 28.0 Å². The summed E-state index contributed by atoms with van der Waals surface area (Å²) in [6, 6.07) is 5.53. The Labute approximate surface area is 134 Å². The number of aliphatic hydroxyl groups excluding tert-OH is 1. The summed E-state index contributed by atoms with van der Waals surface area (Å²) in [6.07, 6.45) is 2.58. The molecule has 1 heterocycles. The maximum atomic E-state index is 8.83. The van der Waals surface area contributed by atoms with Gasteiger partial charge in [-0.05, 0) is 45.0 Å². The molecule has 0 aliphatic rings. The summed E-state index contributed by atoms with van der Waals surface area (Å²) in [5.41, 5.74) is 2.95. The highest BCUT2D eigenvalue weighted by atomic mass is 35.5. The van der Waals surface area contributed by atoms with E-state index in [4.69, 9.17) is 28.3 Å². The molecule has 0 fully saturated rings. The van der Waals surface area contributed by atoms with Crippen LogP contribution in [0.5, 0.6) is 0 Å². The van der Waals surface area contributed by atoms with Crippen LogP contribution in [0.4, 0.5) is 0 Å². The Bertz CT molecular complexity index is 613. The Hall–Kier alpha value is -1.07. The Morgan fingerprint density at radius 3 is 2.81 bits per heavy atom. The molecule has 0 aliphatic heterocycles. The zero-order valence-corrected chi connectivity index (χ0v) is 13.6. The number of hydrogen-bond acceptors (Lipinski definition) is 3. The molecule has 0 aliphatic carbocycles. The van der Waals surface area contributed by atoms with Crippen LogP contribution in [0.1, 0.15) is 30.6 Å². The van der Waals surface area contributed by atoms with E-state index < -0.39 is 0 Å². The van der Waals surface area contributed by atoms with E-state index in [2.05, 4.69) is 17.3 Å². The summed E-state index contributed by atoms with van der Waals surface area (Å²) in [5.74, 6) is 0. The summed E-state index contributed by atoms with van der Waals surface area (Å²) in [5, 5.41) is 17.8. The predicted octanol–water partition coefficient (Wildman–Crippen LogP) is 3.52. The molecule has 2 N–H and O–H groups in total. The lowest BCUT2D eigenvalue weighted by Gasteiger charge is -2.14. The molecule has 0 bridgehead atoms. The fourth-order valence-corrected chi connectivity index (χ4v) is 2.74. The maximum absolute atomic E-state index is 8.83. The van der Waals surface area contributed by atoms with Crippen LogP contribution >= 0.6 is 23.2 Å². The predicted molar refractivity (Wildman–Crippen MR) is 86.4 cm³/mol. The van der Waals surface area contributed by atoms with Crippen molar-refractivity contribution in [3.8, 4) is 5.69 Å². The Kier molecular flexibility index (Phi) is 5.65. The quantitative estimate of drug-likeness (QED) is 0.798. The third kappa shape index (κ3) is 3.77. The fraction of sp³-hybridized carbons (Fsp3) is 0.400. The van der Waals surface area contributed by atoms with Crippen LogP contribution in [0, 0.1) is 6.92 Å². The maximum Gasteiger partial charge on any atom is 0.0836 e. The van der Waals surface area contributed by atoms with Gasteiger partial charge in [0.1, 0.15) is 0 Å². The van der Waals surface area contributed by atoms with Crippen molar-refractivity contribution in [3.05, 3.63) is 45.7 Å². The molecule has 0 radical (unpaired) electrons. The van der Waals surface area contributed by atoms with Gasteiger partial charge in [-0.2, -0.15) is 5.10 Å². The highest BCUT2D eigenvalue weighted by molar-refractivity contribution is 6.35. The number of rotatable bonds is 6. The van der Waals surface area contributed by atoms with Gasteiger partial charge in [-0.15, -0.1) is 0 Å². The first-order valence-corrected chi connectivity index (χ1v) is 7.64. The number of aromatic nitrogens is 2. The summed E-state index contributed by atoms with van der Waals surface area (Å²) in [4.78, 5) is 0. The minimum atomic E-state index is 0.163. The lowest BCUT2D eigenvalue weighted by Crippen LogP contribution is -2.21. The van der Waals surface area contributed by atoms with Crippen molar-refractivity contribution in [2.24, 2.45) is 0 Å². The molecule has 1 aromatic heterocycles. The van der Waals surface area contributed by atoms with Crippen molar-refractivity contribution in [2.45, 2.75) is 26.3 Å². The van der Waals surface area contributed by atoms with Crippen molar-refractivity contribution in [3.63, 3.8) is 0 Å². The average molecular weight is 328 g/mol. The van der Waals surface area contributed by atoms with Crippen molar-refractivity contribution < 1.29 is 5.11 Å². The molecular formula is C15H19Cl2N3O. The van der Waals surface area contributed by atoms with Crippen molar-refractivity contribution in [2.75, 3.05) is 13.2 Å².